The third-order valence-corrected chi connectivity index (χ3v) is 3.16. The molecule has 3 N–H and O–H groups in total. The molecule has 17 heavy (non-hydrogen) atoms. The van der Waals surface area contributed by atoms with Gasteiger partial charge in [-0.25, -0.2) is 0 Å². The van der Waals surface area contributed by atoms with Crippen LogP contribution in [-0.2, 0) is 9.53 Å². The number of hydrogen-bond donors (Lipinski definition) is 2. The van der Waals surface area contributed by atoms with Gasteiger partial charge in [-0.15, -0.1) is 0 Å². The number of nitrogens with one attached hydrogen (secondary N) is 1. The zero-order valence-corrected chi connectivity index (χ0v) is 11.9. The largest absolute Gasteiger partial charge is 0.377 e. The molecule has 0 radical (unpaired) electrons. The van der Waals surface area contributed by atoms with Crippen molar-refractivity contribution in [2.75, 3.05) is 19.7 Å². The van der Waals surface area contributed by atoms with Crippen LogP contribution in [0.5, 0.6) is 0 Å². The zero-order valence-electron chi connectivity index (χ0n) is 11.9. The van der Waals surface area contributed by atoms with Crippen molar-refractivity contribution in [2.24, 2.45) is 17.1 Å². The van der Waals surface area contributed by atoms with Crippen molar-refractivity contribution in [2.45, 2.75) is 47.1 Å². The van der Waals surface area contributed by atoms with E-state index in [1.54, 1.807) is 0 Å². The van der Waals surface area contributed by atoms with Gasteiger partial charge in [-0.2, -0.15) is 0 Å². The molecule has 0 aromatic rings. The van der Waals surface area contributed by atoms with E-state index in [1.807, 2.05) is 6.92 Å². The second kappa shape index (κ2) is 7.67. The lowest BCUT2D eigenvalue weighted by Crippen LogP contribution is -2.37. The van der Waals surface area contributed by atoms with Crippen LogP contribution in [0, 0.1) is 11.3 Å². The van der Waals surface area contributed by atoms with Crippen LogP contribution >= 0.6 is 0 Å². The van der Waals surface area contributed by atoms with Gasteiger partial charge >= 0.3 is 0 Å². The standard InChI is InChI=1S/C13H28N2O2/c1-6-17-11(8-14)7-12(16)15-9-10(2)13(3,4)5/h10-11H,6-9,14H2,1-5H3,(H,15,16). The molecule has 0 aromatic heterocycles. The van der Waals surface area contributed by atoms with Gasteiger partial charge in [-0.3, -0.25) is 4.79 Å². The highest BCUT2D eigenvalue weighted by Gasteiger charge is 2.21. The molecule has 0 bridgehead atoms. The Bertz CT molecular complexity index is 224. The van der Waals surface area contributed by atoms with E-state index in [0.29, 0.717) is 32.0 Å². The Kier molecular flexibility index (Phi) is 7.39. The van der Waals surface area contributed by atoms with Crippen molar-refractivity contribution in [1.82, 2.24) is 5.32 Å². The molecule has 2 atom stereocenters. The smallest absolute Gasteiger partial charge is 0.222 e. The van der Waals surface area contributed by atoms with Crippen LogP contribution in [0.15, 0.2) is 0 Å². The number of nitrogens with two attached hydrogens (primary N) is 1. The fraction of sp³-hybridized carbons (Fsp3) is 0.923. The fourth-order valence-electron chi connectivity index (χ4n) is 1.30. The van der Waals surface area contributed by atoms with Crippen LogP contribution in [-0.4, -0.2) is 31.7 Å². The molecule has 0 heterocycles. The Morgan fingerprint density at radius 2 is 2.00 bits per heavy atom. The predicted molar refractivity (Wildman–Crippen MR) is 70.7 cm³/mol. The number of ether oxygens (including phenoxy) is 1. The summed E-state index contributed by atoms with van der Waals surface area (Å²) in [6.07, 6.45) is 0.186. The first-order valence-electron chi connectivity index (χ1n) is 6.39. The number of rotatable bonds is 7. The Morgan fingerprint density at radius 3 is 2.41 bits per heavy atom. The summed E-state index contributed by atoms with van der Waals surface area (Å²) in [6, 6.07) is 0. The molecule has 0 aliphatic rings. The first-order valence-corrected chi connectivity index (χ1v) is 6.39. The summed E-state index contributed by atoms with van der Waals surface area (Å²) in [7, 11) is 0. The van der Waals surface area contributed by atoms with Gasteiger partial charge in [0.25, 0.3) is 0 Å². The quantitative estimate of drug-likeness (QED) is 0.714. The SMILES string of the molecule is CCOC(CN)CC(=O)NCC(C)C(C)(C)C. The summed E-state index contributed by atoms with van der Waals surface area (Å²) >= 11 is 0. The van der Waals surface area contributed by atoms with Gasteiger partial charge in [0, 0.05) is 19.7 Å². The number of carbonyl (C=O) groups excluding carboxylic acids is 1. The minimum Gasteiger partial charge on any atom is -0.377 e. The van der Waals surface area contributed by atoms with Crippen molar-refractivity contribution in [1.29, 1.82) is 0 Å². The van der Waals surface area contributed by atoms with Crippen molar-refractivity contribution in [3.05, 3.63) is 0 Å². The van der Waals surface area contributed by atoms with E-state index < -0.39 is 0 Å². The third-order valence-electron chi connectivity index (χ3n) is 3.16. The monoisotopic (exact) mass is 244 g/mol. The molecule has 0 fully saturated rings. The van der Waals surface area contributed by atoms with Gasteiger partial charge in [0.1, 0.15) is 0 Å². The molecule has 0 aliphatic carbocycles. The van der Waals surface area contributed by atoms with Crippen molar-refractivity contribution < 1.29 is 9.53 Å². The summed E-state index contributed by atoms with van der Waals surface area (Å²) < 4.78 is 5.35. The van der Waals surface area contributed by atoms with Crippen LogP contribution in [0.25, 0.3) is 0 Å². The summed E-state index contributed by atoms with van der Waals surface area (Å²) in [5.74, 6) is 0.458. The molecule has 0 spiro atoms. The van der Waals surface area contributed by atoms with E-state index in [9.17, 15) is 4.79 Å². The Labute approximate surface area is 105 Å². The lowest BCUT2D eigenvalue weighted by atomic mass is 9.82. The Morgan fingerprint density at radius 1 is 1.41 bits per heavy atom. The summed E-state index contributed by atoms with van der Waals surface area (Å²) in [5, 5.41) is 2.94. The molecular weight excluding hydrogens is 216 g/mol. The lowest BCUT2D eigenvalue weighted by Gasteiger charge is -2.27. The molecule has 4 nitrogen and oxygen atoms in total. The zero-order chi connectivity index (χ0) is 13.5. The van der Waals surface area contributed by atoms with Gasteiger partial charge in [-0.05, 0) is 18.3 Å². The highest BCUT2D eigenvalue weighted by molar-refractivity contribution is 5.76. The number of carbonyl (C=O) groups is 1. The van der Waals surface area contributed by atoms with Crippen LogP contribution in [0.1, 0.15) is 41.0 Å². The fourth-order valence-corrected chi connectivity index (χ4v) is 1.30. The molecule has 102 valence electrons. The van der Waals surface area contributed by atoms with E-state index in [4.69, 9.17) is 10.5 Å². The molecule has 0 aromatic carbocycles. The molecule has 0 aliphatic heterocycles. The predicted octanol–water partition coefficient (Wildman–Crippen LogP) is 1.54. The molecule has 0 saturated heterocycles. The van der Waals surface area contributed by atoms with Crippen LogP contribution < -0.4 is 11.1 Å². The van der Waals surface area contributed by atoms with Gasteiger partial charge in [0.2, 0.25) is 5.91 Å². The van der Waals surface area contributed by atoms with Crippen LogP contribution in [0.4, 0.5) is 0 Å². The van der Waals surface area contributed by atoms with E-state index in [2.05, 4.69) is 33.0 Å². The number of amides is 1. The summed E-state index contributed by atoms with van der Waals surface area (Å²) in [4.78, 5) is 11.7. The molecule has 4 heteroatoms. The lowest BCUT2D eigenvalue weighted by molar-refractivity contribution is -0.124. The molecule has 2 unspecified atom stereocenters. The van der Waals surface area contributed by atoms with Crippen LogP contribution in [0.3, 0.4) is 0 Å². The topological polar surface area (TPSA) is 64.3 Å². The van der Waals surface area contributed by atoms with Gasteiger partial charge in [-0.1, -0.05) is 27.7 Å². The maximum atomic E-state index is 11.7. The van der Waals surface area contributed by atoms with E-state index >= 15 is 0 Å². The van der Waals surface area contributed by atoms with Gasteiger partial charge in [0.15, 0.2) is 0 Å². The Balaban J connectivity index is 3.94. The third kappa shape index (κ3) is 7.34. The summed E-state index contributed by atoms with van der Waals surface area (Å²) in [6.45, 7) is 12.2. The normalized spacial score (nSPS) is 15.4. The molecule has 1 amide bonds. The highest BCUT2D eigenvalue weighted by atomic mass is 16.5. The van der Waals surface area contributed by atoms with Crippen LogP contribution in [0.2, 0.25) is 0 Å². The van der Waals surface area contributed by atoms with Gasteiger partial charge < -0.3 is 15.8 Å². The highest BCUT2D eigenvalue weighted by Crippen LogP contribution is 2.24. The molecular formula is C13H28N2O2. The summed E-state index contributed by atoms with van der Waals surface area (Å²) in [5.41, 5.74) is 5.74. The average Bonchev–Trinajstić information content (AvgIpc) is 2.23. The maximum Gasteiger partial charge on any atom is 0.222 e. The second-order valence-electron chi connectivity index (χ2n) is 5.59. The van der Waals surface area contributed by atoms with E-state index in [-0.39, 0.29) is 17.4 Å². The minimum atomic E-state index is -0.162. The van der Waals surface area contributed by atoms with E-state index in [1.165, 1.54) is 0 Å². The Hall–Kier alpha value is -0.610. The first kappa shape index (κ1) is 16.4. The van der Waals surface area contributed by atoms with E-state index in [0.717, 1.165) is 0 Å². The van der Waals surface area contributed by atoms with Crippen molar-refractivity contribution in [3.63, 3.8) is 0 Å². The molecule has 0 rings (SSSR count). The average molecular weight is 244 g/mol. The minimum absolute atomic E-state index is 0.0185. The van der Waals surface area contributed by atoms with Crippen molar-refractivity contribution >= 4 is 5.91 Å². The molecule has 0 saturated carbocycles. The number of hydrogen-bond acceptors (Lipinski definition) is 3. The second-order valence-corrected chi connectivity index (χ2v) is 5.59. The first-order chi connectivity index (χ1) is 7.81. The maximum absolute atomic E-state index is 11.7. The van der Waals surface area contributed by atoms with Gasteiger partial charge in [0.05, 0.1) is 12.5 Å². The van der Waals surface area contributed by atoms with Crippen molar-refractivity contribution in [3.8, 4) is 0 Å².